The van der Waals surface area contributed by atoms with Crippen LogP contribution in [0.15, 0.2) is 12.7 Å². The minimum Gasteiger partial charge on any atom is -0.103 e. The summed E-state index contributed by atoms with van der Waals surface area (Å²) < 4.78 is 0. The van der Waals surface area contributed by atoms with E-state index in [1.165, 1.54) is 51.4 Å². The van der Waals surface area contributed by atoms with Crippen LogP contribution in [-0.2, 0) is 0 Å². The Kier molecular flexibility index (Phi) is 10.5. The normalized spacial score (nSPS) is 10.1. The zero-order valence-electron chi connectivity index (χ0n) is 8.52. The van der Waals surface area contributed by atoms with Gasteiger partial charge in [-0.3, -0.25) is 0 Å². The molecule has 0 aromatic carbocycles. The summed E-state index contributed by atoms with van der Waals surface area (Å²) in [5.74, 6) is 0. The van der Waals surface area contributed by atoms with Crippen molar-refractivity contribution in [3.8, 4) is 0 Å². The molecule has 0 aromatic rings. The number of allylic oxidation sites excluding steroid dienone is 1. The van der Waals surface area contributed by atoms with Crippen LogP contribution in [0.4, 0.5) is 0 Å². The lowest BCUT2D eigenvalue weighted by atomic mass is 10.1. The third kappa shape index (κ3) is 9.74. The first-order valence-corrected chi connectivity index (χ1v) is 5.30. The van der Waals surface area contributed by atoms with Crippen molar-refractivity contribution < 1.29 is 0 Å². The molecule has 0 rings (SSSR count). The van der Waals surface area contributed by atoms with Crippen LogP contribution in [0.5, 0.6) is 0 Å². The van der Waals surface area contributed by atoms with Crippen LogP contribution in [0.2, 0.25) is 0 Å². The van der Waals surface area contributed by atoms with E-state index in [0.29, 0.717) is 0 Å². The van der Waals surface area contributed by atoms with Gasteiger partial charge in [-0.1, -0.05) is 51.5 Å². The summed E-state index contributed by atoms with van der Waals surface area (Å²) in [7, 11) is 0. The van der Waals surface area contributed by atoms with Crippen LogP contribution in [0.3, 0.4) is 0 Å². The largest absolute Gasteiger partial charge is 0.103 e. The molecule has 0 saturated carbocycles. The highest BCUT2D eigenvalue weighted by atomic mass is 14.0. The molecule has 0 spiro atoms. The first-order valence-electron chi connectivity index (χ1n) is 5.30. The molecular formula is C12H23. The average Bonchev–Trinajstić information content (AvgIpc) is 2.10. The zero-order chi connectivity index (χ0) is 9.07. The highest BCUT2D eigenvalue weighted by Crippen LogP contribution is 2.08. The van der Waals surface area contributed by atoms with Crippen molar-refractivity contribution in [1.82, 2.24) is 0 Å². The van der Waals surface area contributed by atoms with E-state index >= 15 is 0 Å². The van der Waals surface area contributed by atoms with Gasteiger partial charge >= 0.3 is 0 Å². The van der Waals surface area contributed by atoms with E-state index in [2.05, 4.69) is 19.9 Å². The van der Waals surface area contributed by atoms with Crippen molar-refractivity contribution in [1.29, 1.82) is 0 Å². The minimum absolute atomic E-state index is 1.20. The third-order valence-electron chi connectivity index (χ3n) is 2.15. The zero-order valence-corrected chi connectivity index (χ0v) is 8.52. The Morgan fingerprint density at radius 2 is 1.33 bits per heavy atom. The molecule has 0 aliphatic rings. The van der Waals surface area contributed by atoms with Crippen LogP contribution in [0.25, 0.3) is 0 Å². The Bertz CT molecular complexity index is 84.0. The molecule has 12 heavy (non-hydrogen) atoms. The molecule has 0 unspecified atom stereocenters. The Hall–Kier alpha value is -0.260. The van der Waals surface area contributed by atoms with Gasteiger partial charge in [0.2, 0.25) is 0 Å². The van der Waals surface area contributed by atoms with E-state index in [4.69, 9.17) is 0 Å². The predicted molar refractivity (Wildman–Crippen MR) is 57.1 cm³/mol. The van der Waals surface area contributed by atoms with Gasteiger partial charge in [-0.2, -0.15) is 0 Å². The Morgan fingerprint density at radius 1 is 0.833 bits per heavy atom. The SMILES string of the molecule is C=CCCCCCCCC[CH]C. The summed E-state index contributed by atoms with van der Waals surface area (Å²) in [6, 6.07) is 0. The van der Waals surface area contributed by atoms with Crippen molar-refractivity contribution in [2.45, 2.75) is 58.3 Å². The Labute approximate surface area is 78.1 Å². The van der Waals surface area contributed by atoms with Crippen LogP contribution >= 0.6 is 0 Å². The van der Waals surface area contributed by atoms with Gasteiger partial charge in [0.25, 0.3) is 0 Å². The molecule has 0 nitrogen and oxygen atoms in total. The third-order valence-corrected chi connectivity index (χ3v) is 2.15. The molecule has 0 heteroatoms. The molecule has 1 radical (unpaired) electrons. The predicted octanol–water partition coefficient (Wildman–Crippen LogP) is 4.52. The van der Waals surface area contributed by atoms with Crippen molar-refractivity contribution in [2.24, 2.45) is 0 Å². The highest BCUT2D eigenvalue weighted by molar-refractivity contribution is 4.65. The van der Waals surface area contributed by atoms with Crippen molar-refractivity contribution >= 4 is 0 Å². The lowest BCUT2D eigenvalue weighted by Crippen LogP contribution is -1.79. The first-order chi connectivity index (χ1) is 5.91. The van der Waals surface area contributed by atoms with Gasteiger partial charge in [0.15, 0.2) is 0 Å². The number of hydrogen-bond donors (Lipinski definition) is 0. The fourth-order valence-electron chi connectivity index (χ4n) is 1.34. The van der Waals surface area contributed by atoms with Gasteiger partial charge in [0.05, 0.1) is 0 Å². The van der Waals surface area contributed by atoms with Crippen LogP contribution in [0.1, 0.15) is 58.3 Å². The van der Waals surface area contributed by atoms with Crippen molar-refractivity contribution in [2.75, 3.05) is 0 Å². The minimum atomic E-state index is 1.20. The molecule has 0 N–H and O–H groups in total. The summed E-state index contributed by atoms with van der Waals surface area (Å²) in [5, 5.41) is 0. The van der Waals surface area contributed by atoms with Crippen LogP contribution < -0.4 is 0 Å². The first kappa shape index (κ1) is 11.7. The van der Waals surface area contributed by atoms with E-state index in [9.17, 15) is 0 Å². The maximum absolute atomic E-state index is 3.71. The number of hydrogen-bond acceptors (Lipinski definition) is 0. The van der Waals surface area contributed by atoms with E-state index in [1.807, 2.05) is 6.08 Å². The highest BCUT2D eigenvalue weighted by Gasteiger charge is 1.89. The smallest absolute Gasteiger partial charge is 0.0353 e. The average molecular weight is 167 g/mol. The van der Waals surface area contributed by atoms with Crippen LogP contribution in [-0.4, -0.2) is 0 Å². The van der Waals surface area contributed by atoms with Gasteiger partial charge < -0.3 is 0 Å². The van der Waals surface area contributed by atoms with Crippen molar-refractivity contribution in [3.63, 3.8) is 0 Å². The lowest BCUT2D eigenvalue weighted by Gasteiger charge is -1.99. The van der Waals surface area contributed by atoms with Crippen LogP contribution in [0, 0.1) is 6.42 Å². The second kappa shape index (κ2) is 10.7. The maximum Gasteiger partial charge on any atom is -0.0353 e. The molecule has 71 valence electrons. The summed E-state index contributed by atoms with van der Waals surface area (Å²) in [5.41, 5.74) is 0. The molecular weight excluding hydrogens is 144 g/mol. The fourth-order valence-corrected chi connectivity index (χ4v) is 1.34. The maximum atomic E-state index is 3.71. The van der Waals surface area contributed by atoms with Gasteiger partial charge in [-0.15, -0.1) is 6.58 Å². The van der Waals surface area contributed by atoms with Gasteiger partial charge in [0.1, 0.15) is 0 Å². The van der Waals surface area contributed by atoms with E-state index in [0.717, 1.165) is 0 Å². The molecule has 0 heterocycles. The monoisotopic (exact) mass is 167 g/mol. The molecule has 0 atom stereocenters. The van der Waals surface area contributed by atoms with E-state index in [-0.39, 0.29) is 0 Å². The molecule has 0 bridgehead atoms. The molecule has 0 aromatic heterocycles. The van der Waals surface area contributed by atoms with Gasteiger partial charge in [-0.25, -0.2) is 0 Å². The van der Waals surface area contributed by atoms with Crippen molar-refractivity contribution in [3.05, 3.63) is 19.1 Å². The molecule has 0 fully saturated rings. The Balaban J connectivity index is 2.77. The lowest BCUT2D eigenvalue weighted by molar-refractivity contribution is 0.595. The van der Waals surface area contributed by atoms with Gasteiger partial charge in [-0.05, 0) is 19.3 Å². The van der Waals surface area contributed by atoms with Gasteiger partial charge in [0, 0.05) is 0 Å². The number of rotatable bonds is 9. The summed E-state index contributed by atoms with van der Waals surface area (Å²) in [6.07, 6.45) is 15.1. The Morgan fingerprint density at radius 3 is 1.83 bits per heavy atom. The van der Waals surface area contributed by atoms with E-state index < -0.39 is 0 Å². The summed E-state index contributed by atoms with van der Waals surface area (Å²) >= 11 is 0. The molecule has 0 aliphatic carbocycles. The molecule has 0 aliphatic heterocycles. The van der Waals surface area contributed by atoms with E-state index in [1.54, 1.807) is 0 Å². The molecule has 0 amide bonds. The summed E-state index contributed by atoms with van der Waals surface area (Å²) in [6.45, 7) is 5.86. The topological polar surface area (TPSA) is 0 Å². The second-order valence-electron chi connectivity index (χ2n) is 3.40. The fraction of sp³-hybridized carbons (Fsp3) is 0.750. The molecule has 0 saturated heterocycles. The number of unbranched alkanes of at least 4 members (excludes halogenated alkanes) is 8. The standard InChI is InChI=1S/C12H23/c1-3-5-7-9-11-12-10-8-6-4-2/h3-4H,1,5-12H2,2H3. The quantitative estimate of drug-likeness (QED) is 0.350. The second-order valence-corrected chi connectivity index (χ2v) is 3.40. The summed E-state index contributed by atoms with van der Waals surface area (Å²) in [4.78, 5) is 0.